The molecule has 1 N–H and O–H groups in total. The maximum Gasteiger partial charge on any atom is 0.241 e. The molecule has 3 unspecified atom stereocenters. The molecule has 0 saturated carbocycles. The minimum Gasteiger partial charge on any atom is -0.318 e. The third-order valence-corrected chi connectivity index (χ3v) is 5.04. The predicted octanol–water partition coefficient (Wildman–Crippen LogP) is 3.64. The number of thiophene rings is 1. The standard InChI is InChI=1S/C16H26N2OS/c1-10(2)9-13-16(19)18(12(5)11(3)4)15(17-13)14-7-6-8-20-14/h6-8,10-13,15,17H,9H2,1-5H3. The van der Waals surface area contributed by atoms with Gasteiger partial charge in [-0.05, 0) is 36.6 Å². The molecule has 4 heteroatoms. The van der Waals surface area contributed by atoms with Crippen LogP contribution in [0.1, 0.15) is 52.1 Å². The van der Waals surface area contributed by atoms with Gasteiger partial charge in [-0.1, -0.05) is 33.8 Å². The smallest absolute Gasteiger partial charge is 0.241 e. The number of rotatable bonds is 5. The van der Waals surface area contributed by atoms with E-state index in [0.29, 0.717) is 11.8 Å². The normalized spacial score (nSPS) is 24.9. The van der Waals surface area contributed by atoms with Gasteiger partial charge in [0.05, 0.1) is 6.04 Å². The van der Waals surface area contributed by atoms with E-state index in [1.807, 2.05) is 0 Å². The molecule has 1 aliphatic rings. The van der Waals surface area contributed by atoms with E-state index in [1.54, 1.807) is 11.3 Å². The second kappa shape index (κ2) is 6.27. The van der Waals surface area contributed by atoms with Crippen LogP contribution in [-0.4, -0.2) is 22.9 Å². The molecule has 1 aromatic rings. The summed E-state index contributed by atoms with van der Waals surface area (Å²) in [5, 5.41) is 5.63. The Morgan fingerprint density at radius 2 is 2.00 bits per heavy atom. The van der Waals surface area contributed by atoms with Crippen LogP contribution < -0.4 is 5.32 Å². The van der Waals surface area contributed by atoms with Gasteiger partial charge in [-0.25, -0.2) is 0 Å². The van der Waals surface area contributed by atoms with Gasteiger partial charge in [0.2, 0.25) is 5.91 Å². The van der Waals surface area contributed by atoms with E-state index in [9.17, 15) is 4.79 Å². The van der Waals surface area contributed by atoms with Gasteiger partial charge in [-0.3, -0.25) is 10.1 Å². The van der Waals surface area contributed by atoms with E-state index in [2.05, 4.69) is 62.3 Å². The van der Waals surface area contributed by atoms with E-state index in [4.69, 9.17) is 0 Å². The zero-order valence-corrected chi connectivity index (χ0v) is 13.9. The predicted molar refractivity (Wildman–Crippen MR) is 84.6 cm³/mol. The number of nitrogens with one attached hydrogen (secondary N) is 1. The number of amides is 1. The third-order valence-electron chi connectivity index (χ3n) is 4.11. The van der Waals surface area contributed by atoms with E-state index in [-0.39, 0.29) is 24.2 Å². The zero-order valence-electron chi connectivity index (χ0n) is 13.1. The Morgan fingerprint density at radius 3 is 2.50 bits per heavy atom. The summed E-state index contributed by atoms with van der Waals surface area (Å²) in [5.41, 5.74) is 0. The molecule has 1 amide bonds. The number of nitrogens with zero attached hydrogens (tertiary/aromatic N) is 1. The SMILES string of the molecule is CC(C)CC1NC(c2cccs2)N(C(C)C(C)C)C1=O. The highest BCUT2D eigenvalue weighted by atomic mass is 32.1. The lowest BCUT2D eigenvalue weighted by Crippen LogP contribution is -2.41. The van der Waals surface area contributed by atoms with Gasteiger partial charge in [-0.15, -0.1) is 11.3 Å². The monoisotopic (exact) mass is 294 g/mol. The molecule has 0 bridgehead atoms. The molecule has 3 nitrogen and oxygen atoms in total. The Hall–Kier alpha value is -0.870. The highest BCUT2D eigenvalue weighted by Crippen LogP contribution is 2.33. The molecular weight excluding hydrogens is 268 g/mol. The summed E-state index contributed by atoms with van der Waals surface area (Å²) in [4.78, 5) is 16.1. The molecule has 1 saturated heterocycles. The molecule has 2 rings (SSSR count). The van der Waals surface area contributed by atoms with Gasteiger partial charge in [0.15, 0.2) is 0 Å². The average Bonchev–Trinajstić information content (AvgIpc) is 2.97. The Balaban J connectivity index is 2.26. The molecule has 1 aromatic heterocycles. The molecule has 0 aromatic carbocycles. The highest BCUT2D eigenvalue weighted by molar-refractivity contribution is 7.10. The molecule has 0 spiro atoms. The summed E-state index contributed by atoms with van der Waals surface area (Å²) in [5.74, 6) is 1.24. The minimum absolute atomic E-state index is 0.0386. The van der Waals surface area contributed by atoms with Crippen LogP contribution in [0, 0.1) is 11.8 Å². The second-order valence-corrected chi connectivity index (χ2v) is 7.48. The highest BCUT2D eigenvalue weighted by Gasteiger charge is 2.42. The summed E-state index contributed by atoms with van der Waals surface area (Å²) >= 11 is 1.72. The van der Waals surface area contributed by atoms with Gasteiger partial charge >= 0.3 is 0 Å². The van der Waals surface area contributed by atoms with Crippen molar-refractivity contribution in [2.45, 2.75) is 59.3 Å². The maximum absolute atomic E-state index is 12.8. The van der Waals surface area contributed by atoms with Gasteiger partial charge in [0.1, 0.15) is 6.17 Å². The summed E-state index contributed by atoms with van der Waals surface area (Å²) in [7, 11) is 0. The fraction of sp³-hybridized carbons (Fsp3) is 0.688. The molecule has 3 atom stereocenters. The van der Waals surface area contributed by atoms with Crippen LogP contribution in [0.2, 0.25) is 0 Å². The summed E-state index contributed by atoms with van der Waals surface area (Å²) in [6.07, 6.45) is 0.950. The average molecular weight is 294 g/mol. The Bertz CT molecular complexity index is 441. The first-order chi connectivity index (χ1) is 9.41. The fourth-order valence-electron chi connectivity index (χ4n) is 2.71. The lowest BCUT2D eigenvalue weighted by atomic mass is 10.0. The Kier molecular flexibility index (Phi) is 4.86. The fourth-order valence-corrected chi connectivity index (χ4v) is 3.49. The van der Waals surface area contributed by atoms with Crippen LogP contribution in [0.5, 0.6) is 0 Å². The van der Waals surface area contributed by atoms with Crippen molar-refractivity contribution in [3.63, 3.8) is 0 Å². The van der Waals surface area contributed by atoms with Gasteiger partial charge in [0.25, 0.3) is 0 Å². The largest absolute Gasteiger partial charge is 0.318 e. The van der Waals surface area contributed by atoms with Gasteiger partial charge < -0.3 is 4.90 Å². The summed E-state index contributed by atoms with van der Waals surface area (Å²) in [6, 6.07) is 4.38. The quantitative estimate of drug-likeness (QED) is 0.899. The van der Waals surface area contributed by atoms with E-state index in [1.165, 1.54) is 4.88 Å². The van der Waals surface area contributed by atoms with Gasteiger partial charge in [0, 0.05) is 10.9 Å². The summed E-state index contributed by atoms with van der Waals surface area (Å²) < 4.78 is 0. The molecule has 112 valence electrons. The number of carbonyl (C=O) groups is 1. The molecule has 1 fully saturated rings. The number of hydrogen-bond acceptors (Lipinski definition) is 3. The number of hydrogen-bond donors (Lipinski definition) is 1. The number of carbonyl (C=O) groups excluding carboxylic acids is 1. The third kappa shape index (κ3) is 3.07. The minimum atomic E-state index is -0.0386. The molecule has 0 radical (unpaired) electrons. The Labute approximate surface area is 126 Å². The molecular formula is C16H26N2OS. The molecule has 2 heterocycles. The zero-order chi connectivity index (χ0) is 14.9. The van der Waals surface area contributed by atoms with Crippen LogP contribution in [0.4, 0.5) is 0 Å². The van der Waals surface area contributed by atoms with Crippen LogP contribution in [0.3, 0.4) is 0 Å². The van der Waals surface area contributed by atoms with Crippen molar-refractivity contribution in [2.75, 3.05) is 0 Å². The topological polar surface area (TPSA) is 32.3 Å². The van der Waals surface area contributed by atoms with E-state index >= 15 is 0 Å². The first-order valence-electron chi connectivity index (χ1n) is 7.53. The first kappa shape index (κ1) is 15.5. The first-order valence-corrected chi connectivity index (χ1v) is 8.41. The van der Waals surface area contributed by atoms with Crippen LogP contribution >= 0.6 is 11.3 Å². The van der Waals surface area contributed by atoms with Crippen molar-refractivity contribution >= 4 is 17.2 Å². The Morgan fingerprint density at radius 1 is 1.30 bits per heavy atom. The molecule has 20 heavy (non-hydrogen) atoms. The maximum atomic E-state index is 12.8. The molecule has 0 aliphatic carbocycles. The van der Waals surface area contributed by atoms with Crippen molar-refractivity contribution in [3.8, 4) is 0 Å². The van der Waals surface area contributed by atoms with Crippen molar-refractivity contribution in [1.29, 1.82) is 0 Å². The van der Waals surface area contributed by atoms with Crippen molar-refractivity contribution in [3.05, 3.63) is 22.4 Å². The van der Waals surface area contributed by atoms with Crippen LogP contribution in [-0.2, 0) is 4.79 Å². The van der Waals surface area contributed by atoms with Crippen molar-refractivity contribution < 1.29 is 4.79 Å². The van der Waals surface area contributed by atoms with Gasteiger partial charge in [-0.2, -0.15) is 0 Å². The van der Waals surface area contributed by atoms with E-state index in [0.717, 1.165) is 6.42 Å². The summed E-state index contributed by atoms with van der Waals surface area (Å²) in [6.45, 7) is 10.9. The van der Waals surface area contributed by atoms with E-state index < -0.39 is 0 Å². The molecule has 1 aliphatic heterocycles. The lowest BCUT2D eigenvalue weighted by Gasteiger charge is -2.32. The van der Waals surface area contributed by atoms with Crippen molar-refractivity contribution in [2.24, 2.45) is 11.8 Å². The van der Waals surface area contributed by atoms with Crippen LogP contribution in [0.25, 0.3) is 0 Å². The lowest BCUT2D eigenvalue weighted by molar-refractivity contribution is -0.133. The second-order valence-electron chi connectivity index (χ2n) is 6.50. The van der Waals surface area contributed by atoms with Crippen molar-refractivity contribution in [1.82, 2.24) is 10.2 Å². The van der Waals surface area contributed by atoms with Crippen LogP contribution in [0.15, 0.2) is 17.5 Å².